The zero-order valence-corrected chi connectivity index (χ0v) is 15.3. The lowest BCUT2D eigenvalue weighted by Crippen LogP contribution is -2.44. The molecule has 28 heavy (non-hydrogen) atoms. The van der Waals surface area contributed by atoms with Crippen LogP contribution in [0.2, 0.25) is 0 Å². The maximum Gasteiger partial charge on any atom is 0.534 e. The second-order valence-electron chi connectivity index (χ2n) is 6.05. The first kappa shape index (κ1) is 20.1. The minimum Gasteiger partial charge on any atom is -0.422 e. The largest absolute Gasteiger partial charge is 0.534 e. The van der Waals surface area contributed by atoms with Crippen LogP contribution in [0.15, 0.2) is 27.4 Å². The van der Waals surface area contributed by atoms with Crippen molar-refractivity contribution in [1.82, 2.24) is 5.32 Å². The van der Waals surface area contributed by atoms with E-state index in [9.17, 15) is 31.2 Å². The molecule has 0 spiro atoms. The van der Waals surface area contributed by atoms with E-state index in [1.165, 1.54) is 13.0 Å². The van der Waals surface area contributed by atoms with Crippen molar-refractivity contribution in [2.24, 2.45) is 0 Å². The van der Waals surface area contributed by atoms with Crippen molar-refractivity contribution in [3.8, 4) is 5.75 Å². The molecule has 1 aliphatic rings. The highest BCUT2D eigenvalue weighted by Gasteiger charge is 2.48. The van der Waals surface area contributed by atoms with Crippen molar-refractivity contribution >= 4 is 32.6 Å². The number of rotatable bonds is 4. The molecule has 8 nitrogen and oxygen atoms in total. The van der Waals surface area contributed by atoms with E-state index in [0.717, 1.165) is 12.1 Å². The number of halogens is 3. The van der Waals surface area contributed by atoms with E-state index in [2.05, 4.69) is 9.50 Å². The molecule has 152 valence electrons. The van der Waals surface area contributed by atoms with Gasteiger partial charge in [0.25, 0.3) is 0 Å². The Balaban J connectivity index is 2.17. The second kappa shape index (κ2) is 7.09. The van der Waals surface area contributed by atoms with E-state index in [1.807, 2.05) is 0 Å². The van der Waals surface area contributed by atoms with Crippen molar-refractivity contribution in [3.63, 3.8) is 0 Å². The van der Waals surface area contributed by atoms with Gasteiger partial charge in [0, 0.05) is 37.6 Å². The van der Waals surface area contributed by atoms with Crippen LogP contribution in [0.3, 0.4) is 0 Å². The standard InChI is InChI=1S/C16H15F3N2O6S/c1-9(22)13-14(21-6-4-20-5-7-21)11-3-2-10(8-12(11)26-15(13)23)27-28(24,25)16(17,18)19/h2-3,8,20H,4-7H2,1H3. The molecule has 0 bridgehead atoms. The van der Waals surface area contributed by atoms with Gasteiger partial charge in [-0.3, -0.25) is 4.79 Å². The van der Waals surface area contributed by atoms with Crippen LogP contribution in [0.25, 0.3) is 11.0 Å². The fourth-order valence-corrected chi connectivity index (χ4v) is 3.37. The van der Waals surface area contributed by atoms with Crippen LogP contribution in [0.5, 0.6) is 5.75 Å². The molecule has 1 saturated heterocycles. The molecule has 1 fully saturated rings. The summed E-state index contributed by atoms with van der Waals surface area (Å²) in [6.07, 6.45) is 0. The molecule has 0 amide bonds. The third kappa shape index (κ3) is 3.69. The topological polar surface area (TPSA) is 106 Å². The summed E-state index contributed by atoms with van der Waals surface area (Å²) in [5.41, 5.74) is -6.65. The maximum atomic E-state index is 12.5. The number of Topliss-reactive ketones (excluding diaryl/α,β-unsaturated/α-hetero) is 1. The van der Waals surface area contributed by atoms with Crippen LogP contribution < -0.4 is 20.0 Å². The van der Waals surface area contributed by atoms with Gasteiger partial charge in [-0.1, -0.05) is 0 Å². The molecule has 1 aromatic carbocycles. The Hall–Kier alpha value is -2.60. The molecular weight excluding hydrogens is 405 g/mol. The summed E-state index contributed by atoms with van der Waals surface area (Å²) in [6, 6.07) is 3.13. The van der Waals surface area contributed by atoms with Gasteiger partial charge in [0.2, 0.25) is 0 Å². The van der Waals surface area contributed by atoms with Crippen molar-refractivity contribution in [3.05, 3.63) is 34.2 Å². The molecule has 1 aromatic heterocycles. The van der Waals surface area contributed by atoms with E-state index in [1.54, 1.807) is 4.90 Å². The van der Waals surface area contributed by atoms with E-state index in [0.29, 0.717) is 31.9 Å². The zero-order valence-electron chi connectivity index (χ0n) is 14.5. The molecule has 3 rings (SSSR count). The van der Waals surface area contributed by atoms with Gasteiger partial charge in [-0.25, -0.2) is 4.79 Å². The first-order chi connectivity index (χ1) is 13.0. The van der Waals surface area contributed by atoms with Crippen molar-refractivity contribution in [1.29, 1.82) is 0 Å². The number of anilines is 1. The van der Waals surface area contributed by atoms with Crippen molar-refractivity contribution in [2.45, 2.75) is 12.4 Å². The van der Waals surface area contributed by atoms with Crippen LogP contribution in [0.4, 0.5) is 18.9 Å². The summed E-state index contributed by atoms with van der Waals surface area (Å²) in [5.74, 6) is -1.20. The average Bonchev–Trinajstić information content (AvgIpc) is 2.59. The molecule has 1 N–H and O–H groups in total. The fourth-order valence-electron chi connectivity index (χ4n) is 2.92. The molecule has 0 radical (unpaired) electrons. The molecule has 0 unspecified atom stereocenters. The SMILES string of the molecule is CC(=O)c1c(N2CCNCC2)c2ccc(OS(=O)(=O)C(F)(F)F)cc2oc1=O. The minimum atomic E-state index is -5.87. The van der Waals surface area contributed by atoms with Crippen LogP contribution >= 0.6 is 0 Å². The minimum absolute atomic E-state index is 0.175. The summed E-state index contributed by atoms with van der Waals surface area (Å²) in [6.45, 7) is 3.38. The average molecular weight is 420 g/mol. The van der Waals surface area contributed by atoms with Crippen molar-refractivity contribution in [2.75, 3.05) is 31.1 Å². The molecular formula is C16H15F3N2O6S. The molecule has 0 atom stereocenters. The predicted molar refractivity (Wildman–Crippen MR) is 93.2 cm³/mol. The molecule has 1 aliphatic heterocycles. The fraction of sp³-hybridized carbons (Fsp3) is 0.375. The quantitative estimate of drug-likeness (QED) is 0.344. The van der Waals surface area contributed by atoms with E-state index < -0.39 is 32.8 Å². The molecule has 2 aromatic rings. The zero-order chi connectivity index (χ0) is 20.7. The normalized spacial score (nSPS) is 15.6. The van der Waals surface area contributed by atoms with Crippen LogP contribution in [-0.2, 0) is 10.1 Å². The van der Waals surface area contributed by atoms with Gasteiger partial charge in [0.05, 0.1) is 5.69 Å². The van der Waals surface area contributed by atoms with E-state index in [4.69, 9.17) is 4.42 Å². The maximum absolute atomic E-state index is 12.5. The number of fused-ring (bicyclic) bond motifs is 1. The van der Waals surface area contributed by atoms with Gasteiger partial charge in [0.15, 0.2) is 5.78 Å². The number of piperazine rings is 1. The van der Waals surface area contributed by atoms with E-state index >= 15 is 0 Å². The molecule has 12 heteroatoms. The first-order valence-corrected chi connectivity index (χ1v) is 9.50. The van der Waals surface area contributed by atoms with Gasteiger partial charge < -0.3 is 18.8 Å². The Morgan fingerprint density at radius 1 is 1.25 bits per heavy atom. The Morgan fingerprint density at radius 3 is 2.46 bits per heavy atom. The van der Waals surface area contributed by atoms with Gasteiger partial charge >= 0.3 is 21.3 Å². The Labute approximate surface area is 157 Å². The van der Waals surface area contributed by atoms with Crippen molar-refractivity contribution < 1.29 is 35.0 Å². The molecule has 2 heterocycles. The molecule has 0 saturated carbocycles. The summed E-state index contributed by atoms with van der Waals surface area (Å²) < 4.78 is 69.0. The Morgan fingerprint density at radius 2 is 1.89 bits per heavy atom. The number of carbonyl (C=O) groups is 1. The van der Waals surface area contributed by atoms with Gasteiger partial charge in [0.1, 0.15) is 16.9 Å². The number of benzene rings is 1. The summed E-state index contributed by atoms with van der Waals surface area (Å²) >= 11 is 0. The number of nitrogens with one attached hydrogen (secondary N) is 1. The third-order valence-corrected chi connectivity index (χ3v) is 5.11. The van der Waals surface area contributed by atoms with E-state index in [-0.39, 0.29) is 16.5 Å². The summed E-state index contributed by atoms with van der Waals surface area (Å²) in [5, 5.41) is 3.40. The Kier molecular flexibility index (Phi) is 5.10. The number of alkyl halides is 3. The highest BCUT2D eigenvalue weighted by Crippen LogP contribution is 2.33. The first-order valence-electron chi connectivity index (χ1n) is 8.09. The predicted octanol–water partition coefficient (Wildman–Crippen LogP) is 1.63. The number of hydrogen-bond acceptors (Lipinski definition) is 8. The van der Waals surface area contributed by atoms with Crippen LogP contribution in [0, 0.1) is 0 Å². The molecule has 0 aliphatic carbocycles. The Bertz CT molecular complexity index is 1090. The number of hydrogen-bond donors (Lipinski definition) is 1. The number of ketones is 1. The van der Waals surface area contributed by atoms with Crippen LogP contribution in [-0.4, -0.2) is 45.9 Å². The second-order valence-corrected chi connectivity index (χ2v) is 7.59. The number of nitrogens with zero attached hydrogens (tertiary/aromatic N) is 1. The summed E-state index contributed by atoms with van der Waals surface area (Å²) in [7, 11) is -5.87. The van der Waals surface area contributed by atoms with Gasteiger partial charge in [-0.15, -0.1) is 0 Å². The lowest BCUT2D eigenvalue weighted by atomic mass is 10.1. The van der Waals surface area contributed by atoms with Gasteiger partial charge in [-0.2, -0.15) is 21.6 Å². The smallest absolute Gasteiger partial charge is 0.422 e. The highest BCUT2D eigenvalue weighted by atomic mass is 32.2. The third-order valence-electron chi connectivity index (χ3n) is 4.13. The van der Waals surface area contributed by atoms with Gasteiger partial charge in [-0.05, 0) is 19.1 Å². The lowest BCUT2D eigenvalue weighted by molar-refractivity contribution is -0.0500. The van der Waals surface area contributed by atoms with Crippen LogP contribution in [0.1, 0.15) is 17.3 Å². The monoisotopic (exact) mass is 420 g/mol. The number of carbonyl (C=O) groups excluding carboxylic acids is 1. The highest BCUT2D eigenvalue weighted by molar-refractivity contribution is 7.88. The summed E-state index contributed by atoms with van der Waals surface area (Å²) in [4.78, 5) is 26.1. The lowest BCUT2D eigenvalue weighted by Gasteiger charge is -2.31.